The van der Waals surface area contributed by atoms with Gasteiger partial charge >= 0.3 is 12.0 Å². The smallest absolute Gasteiger partial charge is 0.335 e. The lowest BCUT2D eigenvalue weighted by molar-refractivity contribution is 0.0697. The van der Waals surface area contributed by atoms with E-state index in [-0.39, 0.29) is 11.6 Å². The molecule has 5 heteroatoms. The predicted molar refractivity (Wildman–Crippen MR) is 73.1 cm³/mol. The van der Waals surface area contributed by atoms with E-state index in [9.17, 15) is 9.59 Å². The van der Waals surface area contributed by atoms with E-state index >= 15 is 0 Å². The molecule has 0 saturated carbocycles. The Morgan fingerprint density at radius 1 is 1.32 bits per heavy atom. The molecule has 0 aromatic heterocycles. The molecule has 102 valence electrons. The Morgan fingerprint density at radius 3 is 2.37 bits per heavy atom. The number of carboxylic acids is 1. The number of nitrogens with zero attached hydrogens (tertiary/aromatic N) is 1. The van der Waals surface area contributed by atoms with E-state index in [1.807, 2.05) is 6.92 Å². The molecule has 0 radical (unpaired) electrons. The number of carbonyl (C=O) groups excluding carboxylic acids is 1. The summed E-state index contributed by atoms with van der Waals surface area (Å²) >= 11 is 0. The molecule has 0 spiro atoms. The molecule has 0 aliphatic heterocycles. The SMILES string of the molecule is C=C(C)CNC(=O)N(C)Cc1ccc(C(=O)O)cc1. The number of urea groups is 1. The molecule has 19 heavy (non-hydrogen) atoms. The maximum Gasteiger partial charge on any atom is 0.335 e. The molecule has 0 bridgehead atoms. The number of benzene rings is 1. The first-order valence-electron chi connectivity index (χ1n) is 5.85. The number of nitrogens with one attached hydrogen (secondary N) is 1. The van der Waals surface area contributed by atoms with Crippen molar-refractivity contribution in [2.75, 3.05) is 13.6 Å². The summed E-state index contributed by atoms with van der Waals surface area (Å²) in [7, 11) is 1.68. The Morgan fingerprint density at radius 2 is 1.89 bits per heavy atom. The number of hydrogen-bond donors (Lipinski definition) is 2. The largest absolute Gasteiger partial charge is 0.478 e. The second kappa shape index (κ2) is 6.58. The minimum atomic E-state index is -0.959. The molecule has 2 N–H and O–H groups in total. The van der Waals surface area contributed by atoms with Gasteiger partial charge in [0.15, 0.2) is 0 Å². The molecule has 0 fully saturated rings. The van der Waals surface area contributed by atoms with E-state index in [0.29, 0.717) is 13.1 Å². The summed E-state index contributed by atoms with van der Waals surface area (Å²) in [6.07, 6.45) is 0. The van der Waals surface area contributed by atoms with Crippen molar-refractivity contribution in [2.45, 2.75) is 13.5 Å². The number of amides is 2. The summed E-state index contributed by atoms with van der Waals surface area (Å²) in [5.74, 6) is -0.959. The second-order valence-corrected chi connectivity index (χ2v) is 4.47. The molecule has 1 aromatic rings. The third-order valence-corrected chi connectivity index (χ3v) is 2.51. The van der Waals surface area contributed by atoms with Gasteiger partial charge in [-0.2, -0.15) is 0 Å². The van der Waals surface area contributed by atoms with Gasteiger partial charge in [0.1, 0.15) is 0 Å². The molecule has 0 aliphatic rings. The van der Waals surface area contributed by atoms with Crippen LogP contribution in [0.1, 0.15) is 22.8 Å². The van der Waals surface area contributed by atoms with Crippen molar-refractivity contribution >= 4 is 12.0 Å². The highest BCUT2D eigenvalue weighted by Gasteiger charge is 2.09. The van der Waals surface area contributed by atoms with Gasteiger partial charge in [0.2, 0.25) is 0 Å². The standard InChI is InChI=1S/C14H18N2O3/c1-10(2)8-15-14(19)16(3)9-11-4-6-12(7-5-11)13(17)18/h4-7H,1,8-9H2,2-3H3,(H,15,19)(H,17,18). The topological polar surface area (TPSA) is 69.6 Å². The Bertz CT molecular complexity index is 480. The van der Waals surface area contributed by atoms with Gasteiger partial charge in [-0.25, -0.2) is 9.59 Å². The van der Waals surface area contributed by atoms with Gasteiger partial charge in [-0.15, -0.1) is 0 Å². The first-order chi connectivity index (χ1) is 8.90. The van der Waals surface area contributed by atoms with Crippen LogP contribution in [0.4, 0.5) is 4.79 Å². The van der Waals surface area contributed by atoms with Gasteiger partial charge in [-0.1, -0.05) is 24.3 Å². The number of aromatic carboxylic acids is 1. The van der Waals surface area contributed by atoms with Crippen molar-refractivity contribution in [1.29, 1.82) is 0 Å². The first-order valence-corrected chi connectivity index (χ1v) is 5.85. The highest BCUT2D eigenvalue weighted by molar-refractivity contribution is 5.87. The number of carbonyl (C=O) groups is 2. The number of rotatable bonds is 5. The summed E-state index contributed by atoms with van der Waals surface area (Å²) in [5, 5.41) is 11.5. The minimum Gasteiger partial charge on any atom is -0.478 e. The van der Waals surface area contributed by atoms with Crippen molar-refractivity contribution in [1.82, 2.24) is 10.2 Å². The molecule has 5 nitrogen and oxygen atoms in total. The summed E-state index contributed by atoms with van der Waals surface area (Å²) in [6, 6.07) is 6.26. The van der Waals surface area contributed by atoms with Crippen LogP contribution in [-0.2, 0) is 6.54 Å². The van der Waals surface area contributed by atoms with Gasteiger partial charge < -0.3 is 15.3 Å². The van der Waals surface area contributed by atoms with Gasteiger partial charge in [-0.05, 0) is 24.6 Å². The molecule has 0 aliphatic carbocycles. The average Bonchev–Trinajstić information content (AvgIpc) is 2.36. The fourth-order valence-corrected chi connectivity index (χ4v) is 1.46. The Hall–Kier alpha value is -2.30. The summed E-state index contributed by atoms with van der Waals surface area (Å²) in [5.41, 5.74) is 1.99. The number of carboxylic acid groups (broad SMARTS) is 1. The molecular formula is C14H18N2O3. The second-order valence-electron chi connectivity index (χ2n) is 4.47. The van der Waals surface area contributed by atoms with Crippen LogP contribution >= 0.6 is 0 Å². The molecule has 0 heterocycles. The lowest BCUT2D eigenvalue weighted by Crippen LogP contribution is -2.37. The van der Waals surface area contributed by atoms with Crippen molar-refractivity contribution in [3.63, 3.8) is 0 Å². The molecule has 0 atom stereocenters. The van der Waals surface area contributed by atoms with E-state index in [2.05, 4.69) is 11.9 Å². The Labute approximate surface area is 112 Å². The van der Waals surface area contributed by atoms with E-state index in [1.54, 1.807) is 19.2 Å². The quantitative estimate of drug-likeness (QED) is 0.798. The van der Waals surface area contributed by atoms with Gasteiger partial charge in [0.05, 0.1) is 5.56 Å². The monoisotopic (exact) mass is 262 g/mol. The molecule has 0 saturated heterocycles. The fraction of sp³-hybridized carbons (Fsp3) is 0.286. The average molecular weight is 262 g/mol. The van der Waals surface area contributed by atoms with E-state index in [1.165, 1.54) is 17.0 Å². The van der Waals surface area contributed by atoms with Gasteiger partial charge in [-0.3, -0.25) is 0 Å². The molecule has 2 amide bonds. The van der Waals surface area contributed by atoms with Crippen LogP contribution in [-0.4, -0.2) is 35.6 Å². The van der Waals surface area contributed by atoms with Gasteiger partial charge in [0, 0.05) is 20.1 Å². The third kappa shape index (κ3) is 4.83. The van der Waals surface area contributed by atoms with Crippen LogP contribution < -0.4 is 5.32 Å². The molecular weight excluding hydrogens is 244 g/mol. The highest BCUT2D eigenvalue weighted by atomic mass is 16.4. The van der Waals surface area contributed by atoms with E-state index < -0.39 is 5.97 Å². The summed E-state index contributed by atoms with van der Waals surface area (Å²) in [4.78, 5) is 23.9. The van der Waals surface area contributed by atoms with Crippen molar-refractivity contribution in [2.24, 2.45) is 0 Å². The fourth-order valence-electron chi connectivity index (χ4n) is 1.46. The number of hydrogen-bond acceptors (Lipinski definition) is 2. The van der Waals surface area contributed by atoms with Crippen molar-refractivity contribution in [3.05, 3.63) is 47.5 Å². The maximum atomic E-state index is 11.7. The first kappa shape index (κ1) is 14.8. The Kier molecular flexibility index (Phi) is 5.11. The lowest BCUT2D eigenvalue weighted by atomic mass is 10.1. The van der Waals surface area contributed by atoms with Crippen LogP contribution in [0.25, 0.3) is 0 Å². The lowest BCUT2D eigenvalue weighted by Gasteiger charge is -2.18. The van der Waals surface area contributed by atoms with Crippen molar-refractivity contribution < 1.29 is 14.7 Å². The molecule has 0 unspecified atom stereocenters. The third-order valence-electron chi connectivity index (χ3n) is 2.51. The summed E-state index contributed by atoms with van der Waals surface area (Å²) in [6.45, 7) is 6.41. The van der Waals surface area contributed by atoms with Crippen LogP contribution in [0.2, 0.25) is 0 Å². The van der Waals surface area contributed by atoms with Crippen LogP contribution in [0.15, 0.2) is 36.4 Å². The minimum absolute atomic E-state index is 0.190. The normalized spacial score (nSPS) is 9.79. The molecule has 1 aromatic carbocycles. The zero-order chi connectivity index (χ0) is 14.4. The molecule has 1 rings (SSSR count). The van der Waals surface area contributed by atoms with Crippen LogP contribution in [0.5, 0.6) is 0 Å². The van der Waals surface area contributed by atoms with Crippen LogP contribution in [0, 0.1) is 0 Å². The van der Waals surface area contributed by atoms with E-state index in [0.717, 1.165) is 11.1 Å². The van der Waals surface area contributed by atoms with Gasteiger partial charge in [0.25, 0.3) is 0 Å². The maximum absolute atomic E-state index is 11.7. The van der Waals surface area contributed by atoms with Crippen molar-refractivity contribution in [3.8, 4) is 0 Å². The predicted octanol–water partition coefficient (Wildman–Crippen LogP) is 2.10. The summed E-state index contributed by atoms with van der Waals surface area (Å²) < 4.78 is 0. The zero-order valence-corrected chi connectivity index (χ0v) is 11.1. The zero-order valence-electron chi connectivity index (χ0n) is 11.1. The Balaban J connectivity index is 2.56. The van der Waals surface area contributed by atoms with Crippen LogP contribution in [0.3, 0.4) is 0 Å². The van der Waals surface area contributed by atoms with E-state index in [4.69, 9.17) is 5.11 Å². The highest BCUT2D eigenvalue weighted by Crippen LogP contribution is 2.07.